The van der Waals surface area contributed by atoms with Crippen LogP contribution in [0.15, 0.2) is 47.4 Å². The number of nitrogens with one attached hydrogen (secondary N) is 1. The van der Waals surface area contributed by atoms with Gasteiger partial charge in [-0.3, -0.25) is 4.79 Å². The molecular weight excluding hydrogens is 379 g/mol. The highest BCUT2D eigenvalue weighted by molar-refractivity contribution is 7.90. The van der Waals surface area contributed by atoms with Gasteiger partial charge >= 0.3 is 6.18 Å². The molecule has 3 rings (SSSR count). The number of hydrogen-bond donors (Lipinski definition) is 1. The Balaban J connectivity index is 1.77. The number of alkyl halides is 3. The summed E-state index contributed by atoms with van der Waals surface area (Å²) < 4.78 is 66.2. The van der Waals surface area contributed by atoms with Crippen molar-refractivity contribution in [1.29, 1.82) is 0 Å². The lowest BCUT2D eigenvalue weighted by Crippen LogP contribution is -2.32. The van der Waals surface area contributed by atoms with Crippen LogP contribution in [0.3, 0.4) is 0 Å². The summed E-state index contributed by atoms with van der Waals surface area (Å²) in [7, 11) is -4.07. The van der Waals surface area contributed by atoms with E-state index in [-0.39, 0.29) is 16.9 Å². The largest absolute Gasteiger partial charge is 0.416 e. The molecule has 1 saturated carbocycles. The SMILES string of the molecule is Cc1ccc(S(=O)(=O)NC(=O)C2CC2c2ccccc2C(F)(F)F)cc1C. The number of carbonyl (C=O) groups excluding carboxylic acids is 1. The van der Waals surface area contributed by atoms with Gasteiger partial charge in [0.15, 0.2) is 0 Å². The molecule has 2 aromatic carbocycles. The fourth-order valence-corrected chi connectivity index (χ4v) is 4.17. The first-order valence-electron chi connectivity index (χ1n) is 8.31. The van der Waals surface area contributed by atoms with Crippen molar-refractivity contribution in [3.63, 3.8) is 0 Å². The van der Waals surface area contributed by atoms with Crippen molar-refractivity contribution in [3.8, 4) is 0 Å². The molecule has 2 unspecified atom stereocenters. The monoisotopic (exact) mass is 397 g/mol. The summed E-state index contributed by atoms with van der Waals surface area (Å²) in [6.45, 7) is 3.58. The van der Waals surface area contributed by atoms with Crippen LogP contribution in [0.4, 0.5) is 13.2 Å². The van der Waals surface area contributed by atoms with Crippen molar-refractivity contribution in [2.24, 2.45) is 5.92 Å². The zero-order chi connectivity index (χ0) is 20.0. The van der Waals surface area contributed by atoms with Crippen LogP contribution in [0.5, 0.6) is 0 Å². The molecule has 0 saturated heterocycles. The summed E-state index contributed by atoms with van der Waals surface area (Å²) in [5.41, 5.74) is 0.899. The molecule has 8 heteroatoms. The van der Waals surface area contributed by atoms with Crippen molar-refractivity contribution in [3.05, 3.63) is 64.7 Å². The minimum absolute atomic E-state index is 0.0220. The first kappa shape index (κ1) is 19.4. The number of carbonyl (C=O) groups is 1. The number of rotatable bonds is 4. The molecule has 4 nitrogen and oxygen atoms in total. The highest BCUT2D eigenvalue weighted by atomic mass is 32.2. The second-order valence-corrected chi connectivity index (χ2v) is 8.43. The molecule has 144 valence electrons. The van der Waals surface area contributed by atoms with E-state index in [0.717, 1.165) is 17.2 Å². The van der Waals surface area contributed by atoms with Crippen molar-refractivity contribution in [2.75, 3.05) is 0 Å². The molecule has 0 spiro atoms. The summed E-state index contributed by atoms with van der Waals surface area (Å²) in [4.78, 5) is 12.3. The fourth-order valence-electron chi connectivity index (χ4n) is 3.06. The molecule has 0 heterocycles. The summed E-state index contributed by atoms with van der Waals surface area (Å²) in [5.74, 6) is -2.22. The first-order chi connectivity index (χ1) is 12.5. The maximum absolute atomic E-state index is 13.1. The molecule has 1 fully saturated rings. The maximum atomic E-state index is 13.1. The molecule has 1 N–H and O–H groups in total. The van der Waals surface area contributed by atoms with Gasteiger partial charge in [0.2, 0.25) is 5.91 Å². The van der Waals surface area contributed by atoms with E-state index in [4.69, 9.17) is 0 Å². The summed E-state index contributed by atoms with van der Waals surface area (Å²) in [6, 6.07) is 9.54. The van der Waals surface area contributed by atoms with Gasteiger partial charge < -0.3 is 0 Å². The Morgan fingerprint density at radius 3 is 2.37 bits per heavy atom. The molecule has 2 aromatic rings. The van der Waals surface area contributed by atoms with E-state index in [2.05, 4.69) is 0 Å². The van der Waals surface area contributed by atoms with E-state index in [1.807, 2.05) is 11.6 Å². The van der Waals surface area contributed by atoms with E-state index in [0.29, 0.717) is 0 Å². The second-order valence-electron chi connectivity index (χ2n) is 6.75. The topological polar surface area (TPSA) is 63.2 Å². The van der Waals surface area contributed by atoms with Gasteiger partial charge in [-0.1, -0.05) is 24.3 Å². The van der Waals surface area contributed by atoms with Crippen LogP contribution in [0, 0.1) is 19.8 Å². The van der Waals surface area contributed by atoms with E-state index >= 15 is 0 Å². The zero-order valence-electron chi connectivity index (χ0n) is 14.7. The van der Waals surface area contributed by atoms with Crippen molar-refractivity contribution < 1.29 is 26.4 Å². The van der Waals surface area contributed by atoms with E-state index in [1.54, 1.807) is 13.0 Å². The van der Waals surface area contributed by atoms with E-state index in [1.165, 1.54) is 30.3 Å². The van der Waals surface area contributed by atoms with Crippen LogP contribution in [0.1, 0.15) is 34.6 Å². The summed E-state index contributed by atoms with van der Waals surface area (Å²) >= 11 is 0. The Kier molecular flexibility index (Phi) is 4.80. The predicted molar refractivity (Wildman–Crippen MR) is 93.5 cm³/mol. The van der Waals surface area contributed by atoms with Gasteiger partial charge in [-0.2, -0.15) is 13.2 Å². The number of halogens is 3. The van der Waals surface area contributed by atoms with Gasteiger partial charge in [-0.15, -0.1) is 0 Å². The number of amides is 1. The molecule has 0 aliphatic heterocycles. The third-order valence-corrected chi connectivity index (χ3v) is 6.16. The third kappa shape index (κ3) is 4.00. The molecule has 1 aliphatic carbocycles. The minimum Gasteiger partial charge on any atom is -0.274 e. The predicted octanol–water partition coefficient (Wildman–Crippen LogP) is 3.93. The zero-order valence-corrected chi connectivity index (χ0v) is 15.5. The molecule has 27 heavy (non-hydrogen) atoms. The maximum Gasteiger partial charge on any atom is 0.416 e. The normalized spacial score (nSPS) is 19.6. The standard InChI is InChI=1S/C19H18F3NO3S/c1-11-7-8-13(9-12(11)2)27(25,26)23-18(24)16-10-15(16)14-5-3-4-6-17(14)19(20,21)22/h3-9,15-16H,10H2,1-2H3,(H,23,24). The number of hydrogen-bond acceptors (Lipinski definition) is 3. The van der Waals surface area contributed by atoms with Gasteiger partial charge in [0.05, 0.1) is 10.5 Å². The lowest BCUT2D eigenvalue weighted by atomic mass is 10.0. The number of benzene rings is 2. The third-order valence-electron chi connectivity index (χ3n) is 4.82. The minimum atomic E-state index is -4.52. The molecular formula is C19H18F3NO3S. The van der Waals surface area contributed by atoms with Gasteiger partial charge in [0, 0.05) is 5.92 Å². The summed E-state index contributed by atoms with van der Waals surface area (Å²) in [5, 5.41) is 0. The first-order valence-corrected chi connectivity index (χ1v) is 9.79. The quantitative estimate of drug-likeness (QED) is 0.850. The van der Waals surface area contributed by atoms with Gasteiger partial charge in [-0.05, 0) is 61.1 Å². The number of sulfonamides is 1. The molecule has 0 bridgehead atoms. The van der Waals surface area contributed by atoms with Crippen molar-refractivity contribution >= 4 is 15.9 Å². The highest BCUT2D eigenvalue weighted by Gasteiger charge is 2.48. The highest BCUT2D eigenvalue weighted by Crippen LogP contribution is 2.51. The molecule has 0 aromatic heterocycles. The lowest BCUT2D eigenvalue weighted by Gasteiger charge is -2.12. The van der Waals surface area contributed by atoms with E-state index < -0.39 is 39.5 Å². The molecule has 0 radical (unpaired) electrons. The Labute approximate surface area is 155 Å². The smallest absolute Gasteiger partial charge is 0.274 e. The average molecular weight is 397 g/mol. The molecule has 2 atom stereocenters. The Morgan fingerprint density at radius 1 is 1.07 bits per heavy atom. The van der Waals surface area contributed by atoms with Crippen molar-refractivity contribution in [2.45, 2.75) is 37.3 Å². The fraction of sp³-hybridized carbons (Fsp3) is 0.316. The lowest BCUT2D eigenvalue weighted by molar-refractivity contribution is -0.138. The Hall–Kier alpha value is -2.35. The number of aryl methyl sites for hydroxylation is 2. The van der Waals surface area contributed by atoms with Gasteiger partial charge in [0.25, 0.3) is 10.0 Å². The average Bonchev–Trinajstić information content (AvgIpc) is 3.37. The Morgan fingerprint density at radius 2 is 1.74 bits per heavy atom. The van der Waals surface area contributed by atoms with Crippen LogP contribution in [-0.4, -0.2) is 14.3 Å². The van der Waals surface area contributed by atoms with Gasteiger partial charge in [-0.25, -0.2) is 13.1 Å². The molecule has 1 aliphatic rings. The van der Waals surface area contributed by atoms with Gasteiger partial charge in [0.1, 0.15) is 0 Å². The van der Waals surface area contributed by atoms with Crippen LogP contribution in [-0.2, 0) is 21.0 Å². The van der Waals surface area contributed by atoms with Crippen LogP contribution >= 0.6 is 0 Å². The van der Waals surface area contributed by atoms with Crippen LogP contribution < -0.4 is 4.72 Å². The van der Waals surface area contributed by atoms with E-state index in [9.17, 15) is 26.4 Å². The van der Waals surface area contributed by atoms with Crippen molar-refractivity contribution in [1.82, 2.24) is 4.72 Å². The van der Waals surface area contributed by atoms with Crippen LogP contribution in [0.25, 0.3) is 0 Å². The Bertz CT molecular complexity index is 999. The molecule has 1 amide bonds. The van der Waals surface area contributed by atoms with Crippen LogP contribution in [0.2, 0.25) is 0 Å². The summed E-state index contributed by atoms with van der Waals surface area (Å²) in [6.07, 6.45) is -4.34. The second kappa shape index (κ2) is 6.67.